The van der Waals surface area contributed by atoms with Gasteiger partial charge in [0.2, 0.25) is 11.8 Å². The van der Waals surface area contributed by atoms with Crippen LogP contribution in [0.15, 0.2) is 29.2 Å². The van der Waals surface area contributed by atoms with E-state index in [1.54, 1.807) is 12.1 Å². The van der Waals surface area contributed by atoms with Crippen LogP contribution >= 0.6 is 11.8 Å². The summed E-state index contributed by atoms with van der Waals surface area (Å²) in [4.78, 5) is 34.8. The van der Waals surface area contributed by atoms with Crippen molar-refractivity contribution in [3.05, 3.63) is 29.8 Å². The van der Waals surface area contributed by atoms with Crippen LogP contribution in [0, 0.1) is 0 Å². The summed E-state index contributed by atoms with van der Waals surface area (Å²) >= 11 is 0.268. The van der Waals surface area contributed by atoms with Gasteiger partial charge in [-0.05, 0) is 18.6 Å². The number of carbonyl (C=O) groups excluding carboxylic acids is 3. The lowest BCUT2D eigenvalue weighted by Gasteiger charge is -2.22. The summed E-state index contributed by atoms with van der Waals surface area (Å²) in [6.45, 7) is 0. The number of nitrogens with one attached hydrogen (secondary N) is 2. The van der Waals surface area contributed by atoms with Crippen LogP contribution in [0.2, 0.25) is 0 Å². The first-order chi connectivity index (χ1) is 9.97. The number of piperidine rings is 1. The van der Waals surface area contributed by atoms with Crippen LogP contribution in [0.25, 0.3) is 0 Å². The maximum Gasteiger partial charge on any atom is 0.288 e. The van der Waals surface area contributed by atoms with Crippen LogP contribution in [-0.4, -0.2) is 29.5 Å². The van der Waals surface area contributed by atoms with E-state index in [4.69, 9.17) is 0 Å². The molecule has 0 spiro atoms. The Kier molecular flexibility index (Phi) is 4.89. The fraction of sp³-hybridized carbons (Fsp3) is 0.308. The van der Waals surface area contributed by atoms with Crippen LogP contribution in [0.5, 0.6) is 0 Å². The van der Waals surface area contributed by atoms with Crippen LogP contribution in [0.3, 0.4) is 0 Å². The van der Waals surface area contributed by atoms with Gasteiger partial charge in [0.05, 0.1) is 5.56 Å². The van der Waals surface area contributed by atoms with E-state index in [1.807, 2.05) is 0 Å². The lowest BCUT2D eigenvalue weighted by atomic mass is 10.1. The molecule has 0 radical (unpaired) electrons. The zero-order valence-corrected chi connectivity index (χ0v) is 11.6. The molecule has 2 N–H and O–H groups in total. The molecular formula is C13H12F2N2O3S. The second kappa shape index (κ2) is 6.66. The summed E-state index contributed by atoms with van der Waals surface area (Å²) in [6, 6.07) is 5.09. The van der Waals surface area contributed by atoms with Gasteiger partial charge in [-0.1, -0.05) is 23.9 Å². The van der Waals surface area contributed by atoms with Crippen molar-refractivity contribution in [1.29, 1.82) is 0 Å². The lowest BCUT2D eigenvalue weighted by Crippen LogP contribution is -2.52. The number of carbonyl (C=O) groups is 3. The third-order valence-electron chi connectivity index (χ3n) is 2.89. The third-order valence-corrected chi connectivity index (χ3v) is 3.68. The molecule has 112 valence electrons. The number of amides is 3. The van der Waals surface area contributed by atoms with Crippen LogP contribution < -0.4 is 10.6 Å². The van der Waals surface area contributed by atoms with Crippen molar-refractivity contribution in [2.24, 2.45) is 0 Å². The van der Waals surface area contributed by atoms with Crippen molar-refractivity contribution in [2.45, 2.75) is 29.5 Å². The molecule has 1 heterocycles. The summed E-state index contributed by atoms with van der Waals surface area (Å²) in [5.74, 6) is -4.24. The number of thioether (sulfide) groups is 1. The molecule has 5 nitrogen and oxygen atoms in total. The number of benzene rings is 1. The maximum absolute atomic E-state index is 12.5. The molecule has 0 saturated carbocycles. The Morgan fingerprint density at radius 1 is 1.33 bits per heavy atom. The van der Waals surface area contributed by atoms with E-state index in [-0.39, 0.29) is 41.0 Å². The molecule has 0 aliphatic carbocycles. The van der Waals surface area contributed by atoms with Crippen LogP contribution in [0.1, 0.15) is 23.2 Å². The van der Waals surface area contributed by atoms with Gasteiger partial charge in [-0.2, -0.15) is 8.78 Å². The number of alkyl halides is 2. The van der Waals surface area contributed by atoms with Crippen LogP contribution in [0.4, 0.5) is 8.78 Å². The van der Waals surface area contributed by atoms with E-state index in [0.29, 0.717) is 0 Å². The van der Waals surface area contributed by atoms with Crippen molar-refractivity contribution in [3.63, 3.8) is 0 Å². The normalized spacial score (nSPS) is 18.5. The van der Waals surface area contributed by atoms with E-state index in [9.17, 15) is 23.2 Å². The molecule has 1 aromatic carbocycles. The number of hydrogen-bond acceptors (Lipinski definition) is 4. The Morgan fingerprint density at radius 2 is 2.05 bits per heavy atom. The van der Waals surface area contributed by atoms with Crippen molar-refractivity contribution >= 4 is 29.5 Å². The molecule has 2 rings (SSSR count). The monoisotopic (exact) mass is 314 g/mol. The Bertz CT molecular complexity index is 580. The van der Waals surface area contributed by atoms with E-state index in [1.165, 1.54) is 12.1 Å². The molecule has 0 aromatic heterocycles. The summed E-state index contributed by atoms with van der Waals surface area (Å²) in [7, 11) is 0. The van der Waals surface area contributed by atoms with E-state index in [0.717, 1.165) is 0 Å². The fourth-order valence-corrected chi connectivity index (χ4v) is 2.56. The average molecular weight is 314 g/mol. The predicted molar refractivity (Wildman–Crippen MR) is 71.9 cm³/mol. The average Bonchev–Trinajstić information content (AvgIpc) is 2.42. The smallest absolute Gasteiger partial charge is 0.288 e. The highest BCUT2D eigenvalue weighted by atomic mass is 32.2. The molecule has 8 heteroatoms. The Morgan fingerprint density at radius 3 is 2.71 bits per heavy atom. The first-order valence-electron chi connectivity index (χ1n) is 6.16. The molecule has 1 aliphatic heterocycles. The fourth-order valence-electron chi connectivity index (χ4n) is 1.92. The van der Waals surface area contributed by atoms with E-state index < -0.39 is 23.6 Å². The molecule has 1 atom stereocenters. The first kappa shape index (κ1) is 15.4. The van der Waals surface area contributed by atoms with Gasteiger partial charge in [0.25, 0.3) is 11.7 Å². The van der Waals surface area contributed by atoms with E-state index >= 15 is 0 Å². The zero-order chi connectivity index (χ0) is 15.4. The van der Waals surface area contributed by atoms with Crippen molar-refractivity contribution < 1.29 is 23.2 Å². The number of hydrogen-bond donors (Lipinski definition) is 2. The van der Waals surface area contributed by atoms with Gasteiger partial charge in [0, 0.05) is 11.3 Å². The molecule has 1 aromatic rings. The largest absolute Gasteiger partial charge is 0.340 e. The molecule has 1 fully saturated rings. The Balaban J connectivity index is 2.10. The SMILES string of the molecule is O=C1CCC(NC(=O)c2ccccc2SC(F)F)C(=O)N1. The molecule has 1 saturated heterocycles. The van der Waals surface area contributed by atoms with Crippen molar-refractivity contribution in [3.8, 4) is 0 Å². The maximum atomic E-state index is 12.5. The Labute approximate surface area is 123 Å². The second-order valence-electron chi connectivity index (χ2n) is 4.35. The molecular weight excluding hydrogens is 302 g/mol. The van der Waals surface area contributed by atoms with Gasteiger partial charge in [-0.15, -0.1) is 0 Å². The van der Waals surface area contributed by atoms with Gasteiger partial charge in [0.1, 0.15) is 6.04 Å². The summed E-state index contributed by atoms with van der Waals surface area (Å²) in [5, 5.41) is 4.57. The zero-order valence-electron chi connectivity index (χ0n) is 10.8. The van der Waals surface area contributed by atoms with Crippen molar-refractivity contribution in [1.82, 2.24) is 10.6 Å². The van der Waals surface area contributed by atoms with Gasteiger partial charge in [-0.25, -0.2) is 0 Å². The summed E-state index contributed by atoms with van der Waals surface area (Å²) in [5.41, 5.74) is 0.0764. The summed E-state index contributed by atoms with van der Waals surface area (Å²) < 4.78 is 24.9. The van der Waals surface area contributed by atoms with Crippen LogP contribution in [-0.2, 0) is 9.59 Å². The van der Waals surface area contributed by atoms with Gasteiger partial charge < -0.3 is 5.32 Å². The van der Waals surface area contributed by atoms with Gasteiger partial charge in [-0.3, -0.25) is 19.7 Å². The Hall–Kier alpha value is -1.96. The third kappa shape index (κ3) is 4.01. The molecule has 0 bridgehead atoms. The predicted octanol–water partition coefficient (Wildman–Crippen LogP) is 1.54. The minimum Gasteiger partial charge on any atom is -0.340 e. The minimum atomic E-state index is -2.64. The quantitative estimate of drug-likeness (QED) is 0.653. The number of halogens is 2. The molecule has 3 amide bonds. The summed E-state index contributed by atoms with van der Waals surface area (Å²) in [6.07, 6.45) is 0.324. The van der Waals surface area contributed by atoms with E-state index in [2.05, 4.69) is 10.6 Å². The van der Waals surface area contributed by atoms with Crippen molar-refractivity contribution in [2.75, 3.05) is 0 Å². The van der Waals surface area contributed by atoms with Gasteiger partial charge in [0.15, 0.2) is 0 Å². The second-order valence-corrected chi connectivity index (χ2v) is 5.38. The lowest BCUT2D eigenvalue weighted by molar-refractivity contribution is -0.134. The number of rotatable bonds is 4. The van der Waals surface area contributed by atoms with Gasteiger partial charge >= 0.3 is 0 Å². The first-order valence-corrected chi connectivity index (χ1v) is 7.03. The molecule has 1 unspecified atom stereocenters. The highest BCUT2D eigenvalue weighted by molar-refractivity contribution is 7.99. The molecule has 21 heavy (non-hydrogen) atoms. The minimum absolute atomic E-state index is 0.0764. The molecule has 1 aliphatic rings. The number of imide groups is 1. The highest BCUT2D eigenvalue weighted by Gasteiger charge is 2.28. The highest BCUT2D eigenvalue weighted by Crippen LogP contribution is 2.28. The topological polar surface area (TPSA) is 75.3 Å². The standard InChI is InChI=1S/C13H12F2N2O3S/c14-13(15)21-9-4-2-1-3-7(9)11(19)16-8-5-6-10(18)17-12(8)20/h1-4,8,13H,5-6H2,(H,16,19)(H,17,18,20).